The molecule has 0 saturated carbocycles. The zero-order valence-corrected chi connectivity index (χ0v) is 20.5. The van der Waals surface area contributed by atoms with E-state index in [-0.39, 0.29) is 29.9 Å². The molecule has 0 radical (unpaired) electrons. The second-order valence-corrected chi connectivity index (χ2v) is 8.43. The van der Waals surface area contributed by atoms with Crippen LogP contribution in [0.2, 0.25) is 0 Å². The fourth-order valence-corrected chi connectivity index (χ4v) is 4.24. The number of piperidine rings is 1. The van der Waals surface area contributed by atoms with Crippen molar-refractivity contribution in [2.45, 2.75) is 26.7 Å². The molecule has 0 spiro atoms. The zero-order chi connectivity index (χ0) is 20.1. The number of likely N-dealkylation sites (tertiary alicyclic amines) is 1. The number of nitrogens with zero attached hydrogens (tertiary/aromatic N) is 6. The van der Waals surface area contributed by atoms with E-state index in [4.69, 9.17) is 0 Å². The highest BCUT2D eigenvalue weighted by atomic mass is 127. The summed E-state index contributed by atoms with van der Waals surface area (Å²) < 4.78 is 1.72. The average Bonchev–Trinajstić information content (AvgIpc) is 3.08. The normalized spacial score (nSPS) is 21.5. The summed E-state index contributed by atoms with van der Waals surface area (Å²) in [6.07, 6.45) is 6.14. The second kappa shape index (κ2) is 11.1. The summed E-state index contributed by atoms with van der Waals surface area (Å²) in [7, 11) is 3.66. The van der Waals surface area contributed by atoms with E-state index in [0.717, 1.165) is 31.3 Å². The SMILES string of the molecule is CN=C(NCC1CCCN(CC(C)C)C1)N1CCN(c2cnn(C)c2)C(=O)C1.I. The monoisotopic (exact) mass is 517 g/mol. The van der Waals surface area contributed by atoms with Gasteiger partial charge in [-0.3, -0.25) is 14.5 Å². The molecule has 2 aliphatic rings. The minimum absolute atomic E-state index is 0. The number of halogens is 1. The Labute approximate surface area is 191 Å². The van der Waals surface area contributed by atoms with Crippen LogP contribution in [0.4, 0.5) is 5.69 Å². The van der Waals surface area contributed by atoms with Crippen LogP contribution in [-0.2, 0) is 11.8 Å². The number of aryl methyl sites for hydroxylation is 1. The Bertz CT molecular complexity index is 690. The fraction of sp³-hybridized carbons (Fsp3) is 0.750. The van der Waals surface area contributed by atoms with E-state index in [1.54, 1.807) is 17.9 Å². The minimum Gasteiger partial charge on any atom is -0.356 e. The summed E-state index contributed by atoms with van der Waals surface area (Å²) in [6, 6.07) is 0. The van der Waals surface area contributed by atoms with Gasteiger partial charge in [-0.15, -0.1) is 24.0 Å². The summed E-state index contributed by atoms with van der Waals surface area (Å²) in [4.78, 5) is 23.5. The number of guanidine groups is 1. The molecule has 164 valence electrons. The first-order valence-corrected chi connectivity index (χ1v) is 10.4. The molecule has 9 heteroatoms. The van der Waals surface area contributed by atoms with Crippen molar-refractivity contribution in [2.24, 2.45) is 23.9 Å². The number of anilines is 1. The van der Waals surface area contributed by atoms with Crippen molar-refractivity contribution in [3.8, 4) is 0 Å². The smallest absolute Gasteiger partial charge is 0.246 e. The van der Waals surface area contributed by atoms with Crippen LogP contribution in [0, 0.1) is 11.8 Å². The maximum atomic E-state index is 12.6. The molecule has 0 aromatic carbocycles. The van der Waals surface area contributed by atoms with E-state index >= 15 is 0 Å². The molecular weight excluding hydrogens is 481 g/mol. The van der Waals surface area contributed by atoms with Crippen LogP contribution in [0.15, 0.2) is 17.4 Å². The van der Waals surface area contributed by atoms with Gasteiger partial charge < -0.3 is 20.0 Å². The standard InChI is InChI=1S/C20H35N7O.HI/c1-16(2)12-25-7-5-6-17(13-25)10-22-20(21-3)26-8-9-27(19(28)15-26)18-11-23-24(4)14-18;/h11,14,16-17H,5-10,12-13,15H2,1-4H3,(H,21,22);1H. The molecule has 2 saturated heterocycles. The maximum absolute atomic E-state index is 12.6. The van der Waals surface area contributed by atoms with Crippen molar-refractivity contribution in [1.29, 1.82) is 0 Å². The second-order valence-electron chi connectivity index (χ2n) is 8.43. The van der Waals surface area contributed by atoms with E-state index in [2.05, 4.69) is 39.1 Å². The van der Waals surface area contributed by atoms with Crippen LogP contribution >= 0.6 is 24.0 Å². The molecule has 1 aromatic heterocycles. The highest BCUT2D eigenvalue weighted by Crippen LogP contribution is 2.18. The molecule has 0 aliphatic carbocycles. The quantitative estimate of drug-likeness (QED) is 0.366. The summed E-state index contributed by atoms with van der Waals surface area (Å²) in [5, 5.41) is 7.69. The number of amides is 1. The number of hydrogen-bond donors (Lipinski definition) is 1. The van der Waals surface area contributed by atoms with Crippen LogP contribution in [0.5, 0.6) is 0 Å². The number of carbonyl (C=O) groups is 1. The highest BCUT2D eigenvalue weighted by molar-refractivity contribution is 14.0. The van der Waals surface area contributed by atoms with Crippen LogP contribution in [0.25, 0.3) is 0 Å². The van der Waals surface area contributed by atoms with E-state index in [9.17, 15) is 4.79 Å². The fourth-order valence-electron chi connectivity index (χ4n) is 4.24. The molecule has 0 bridgehead atoms. The van der Waals surface area contributed by atoms with Gasteiger partial charge >= 0.3 is 0 Å². The molecular formula is C20H36IN7O. The summed E-state index contributed by atoms with van der Waals surface area (Å²) in [5.74, 6) is 2.27. The first-order valence-electron chi connectivity index (χ1n) is 10.4. The van der Waals surface area contributed by atoms with Crippen molar-refractivity contribution in [3.63, 3.8) is 0 Å². The molecule has 1 aromatic rings. The summed E-state index contributed by atoms with van der Waals surface area (Å²) >= 11 is 0. The summed E-state index contributed by atoms with van der Waals surface area (Å²) in [5.41, 5.74) is 0.863. The predicted octanol–water partition coefficient (Wildman–Crippen LogP) is 1.63. The Kier molecular flexibility index (Phi) is 9.19. The minimum atomic E-state index is 0. The first kappa shape index (κ1) is 23.9. The molecule has 2 aliphatic heterocycles. The Hall–Kier alpha value is -1.36. The van der Waals surface area contributed by atoms with Crippen LogP contribution in [0.3, 0.4) is 0 Å². The third-order valence-electron chi connectivity index (χ3n) is 5.51. The van der Waals surface area contributed by atoms with Gasteiger partial charge in [-0.1, -0.05) is 13.8 Å². The van der Waals surface area contributed by atoms with E-state index in [1.165, 1.54) is 25.9 Å². The van der Waals surface area contributed by atoms with Gasteiger partial charge in [0.05, 0.1) is 11.9 Å². The van der Waals surface area contributed by atoms with Gasteiger partial charge in [-0.25, -0.2) is 0 Å². The van der Waals surface area contributed by atoms with E-state index in [0.29, 0.717) is 24.9 Å². The lowest BCUT2D eigenvalue weighted by molar-refractivity contribution is -0.120. The molecule has 1 atom stereocenters. The van der Waals surface area contributed by atoms with Crippen LogP contribution in [-0.4, -0.2) is 84.3 Å². The van der Waals surface area contributed by atoms with Crippen LogP contribution in [0.1, 0.15) is 26.7 Å². The topological polar surface area (TPSA) is 69.0 Å². The van der Waals surface area contributed by atoms with Gasteiger partial charge in [-0.05, 0) is 31.2 Å². The third-order valence-corrected chi connectivity index (χ3v) is 5.51. The Morgan fingerprint density at radius 2 is 2.14 bits per heavy atom. The number of aliphatic imine (C=N–C) groups is 1. The Morgan fingerprint density at radius 3 is 2.76 bits per heavy atom. The lowest BCUT2D eigenvalue weighted by Crippen LogP contribution is -2.56. The van der Waals surface area contributed by atoms with Gasteiger partial charge in [0, 0.05) is 53.0 Å². The van der Waals surface area contributed by atoms with Crippen molar-refractivity contribution < 1.29 is 4.79 Å². The van der Waals surface area contributed by atoms with Crippen LogP contribution < -0.4 is 10.2 Å². The number of nitrogens with one attached hydrogen (secondary N) is 1. The van der Waals surface area contributed by atoms with E-state index < -0.39 is 0 Å². The Balaban J connectivity index is 0.00000300. The van der Waals surface area contributed by atoms with Crippen molar-refractivity contribution >= 4 is 41.5 Å². The lowest BCUT2D eigenvalue weighted by Gasteiger charge is -2.37. The maximum Gasteiger partial charge on any atom is 0.246 e. The number of piperazine rings is 1. The number of aromatic nitrogens is 2. The molecule has 1 amide bonds. The molecule has 2 fully saturated rings. The molecule has 3 heterocycles. The predicted molar refractivity (Wildman–Crippen MR) is 128 cm³/mol. The van der Waals surface area contributed by atoms with Gasteiger partial charge in [0.15, 0.2) is 5.96 Å². The van der Waals surface area contributed by atoms with Crippen molar-refractivity contribution in [2.75, 3.05) is 57.8 Å². The Morgan fingerprint density at radius 1 is 1.34 bits per heavy atom. The van der Waals surface area contributed by atoms with Gasteiger partial charge in [0.25, 0.3) is 0 Å². The molecule has 8 nitrogen and oxygen atoms in total. The third kappa shape index (κ3) is 6.56. The first-order chi connectivity index (χ1) is 13.5. The average molecular weight is 517 g/mol. The van der Waals surface area contributed by atoms with Gasteiger partial charge in [0.1, 0.15) is 6.54 Å². The molecule has 29 heavy (non-hydrogen) atoms. The van der Waals surface area contributed by atoms with Crippen molar-refractivity contribution in [1.82, 2.24) is 24.9 Å². The van der Waals surface area contributed by atoms with Gasteiger partial charge in [0.2, 0.25) is 5.91 Å². The largest absolute Gasteiger partial charge is 0.356 e. The number of carbonyl (C=O) groups excluding carboxylic acids is 1. The van der Waals surface area contributed by atoms with Crippen molar-refractivity contribution in [3.05, 3.63) is 12.4 Å². The molecule has 3 rings (SSSR count). The molecule has 1 N–H and O–H groups in total. The number of rotatable bonds is 5. The van der Waals surface area contributed by atoms with E-state index in [1.807, 2.05) is 18.1 Å². The zero-order valence-electron chi connectivity index (χ0n) is 18.2. The number of hydrogen-bond acceptors (Lipinski definition) is 4. The van der Waals surface area contributed by atoms with Gasteiger partial charge in [-0.2, -0.15) is 5.10 Å². The summed E-state index contributed by atoms with van der Waals surface area (Å²) in [6.45, 7) is 10.8. The highest BCUT2D eigenvalue weighted by Gasteiger charge is 2.28. The molecule has 1 unspecified atom stereocenters. The lowest BCUT2D eigenvalue weighted by atomic mass is 9.97.